The SMILES string of the molecule is COc1ccc(C(=O)n2c(=O)c(C)cn([C@H]3C[C@H](OC(C)=O)[C@@H](CO[P+](=O)O[C@H]4C[C@H](n5cc(C)c(=O)n(C(=O)c6ccc(OC)cc6)c5=O)O[C@@H]4COC(c4ccccc4)(c4ccc(OC)cc4)c4ccc(OC)cc4)O3)c2=O)cc1. The van der Waals surface area contributed by atoms with Gasteiger partial charge in [-0.15, -0.1) is 9.05 Å². The van der Waals surface area contributed by atoms with Crippen molar-refractivity contribution in [3.8, 4) is 23.0 Å². The second kappa shape index (κ2) is 25.0. The van der Waals surface area contributed by atoms with E-state index in [-0.39, 0.29) is 41.7 Å². The van der Waals surface area contributed by atoms with Crippen molar-refractivity contribution in [2.24, 2.45) is 0 Å². The number of carbonyl (C=O) groups excluding carboxylic acids is 3. The number of carbonyl (C=O) groups is 3. The second-order valence-electron chi connectivity index (χ2n) is 19.2. The Morgan fingerprint density at radius 2 is 0.939 bits per heavy atom. The normalized spacial score (nSPS) is 18.8. The summed E-state index contributed by atoms with van der Waals surface area (Å²) in [6.07, 6.45) is -4.98. The summed E-state index contributed by atoms with van der Waals surface area (Å²) in [6, 6.07) is 35.6. The Morgan fingerprint density at radius 3 is 1.35 bits per heavy atom. The summed E-state index contributed by atoms with van der Waals surface area (Å²) in [6.45, 7) is 3.18. The minimum absolute atomic E-state index is 0.0231. The molecule has 2 aromatic heterocycles. The molecule has 0 saturated carbocycles. The van der Waals surface area contributed by atoms with Crippen molar-refractivity contribution < 1.29 is 65.9 Å². The summed E-state index contributed by atoms with van der Waals surface area (Å²) in [5, 5.41) is 0. The molecule has 0 N–H and O–H groups in total. The minimum atomic E-state index is -3.15. The first-order valence-corrected chi connectivity index (χ1v) is 26.9. The van der Waals surface area contributed by atoms with E-state index >= 15 is 0 Å². The van der Waals surface area contributed by atoms with E-state index in [1.165, 1.54) is 95.9 Å². The van der Waals surface area contributed by atoms with Crippen molar-refractivity contribution in [3.05, 3.63) is 220 Å². The molecule has 0 spiro atoms. The third-order valence-corrected chi connectivity index (χ3v) is 15.0. The van der Waals surface area contributed by atoms with E-state index in [9.17, 15) is 38.1 Å². The second-order valence-corrected chi connectivity index (χ2v) is 20.1. The lowest BCUT2D eigenvalue weighted by Crippen LogP contribution is -2.45. The summed E-state index contributed by atoms with van der Waals surface area (Å²) in [5.74, 6) is -0.473. The predicted octanol–water partition coefficient (Wildman–Crippen LogP) is 6.64. The first kappa shape index (κ1) is 58.0. The Hall–Kier alpha value is -8.63. The van der Waals surface area contributed by atoms with Crippen LogP contribution in [0.1, 0.15) is 80.8 Å². The molecule has 7 atom stereocenters. The van der Waals surface area contributed by atoms with E-state index in [2.05, 4.69) is 0 Å². The zero-order chi connectivity index (χ0) is 58.4. The first-order chi connectivity index (χ1) is 39.5. The lowest BCUT2D eigenvalue weighted by molar-refractivity contribution is -0.150. The van der Waals surface area contributed by atoms with E-state index in [1.54, 1.807) is 38.5 Å². The number of nitrogens with zero attached hydrogens (tertiary/aromatic N) is 4. The lowest BCUT2D eigenvalue weighted by Gasteiger charge is -2.37. The standard InChI is InChI=1S/C59H58N4O18P/c1-35-31-60(57(69)62(53(35)65)55(67)38-13-21-43(72-4)22-14-38)51-29-47(78-37(3)64)50(80-51)34-77-82(71)81-48-30-52(61-32-36(2)54(66)63(58(61)70)56(68)39-15-23-44(73-5)24-16-39)79-49(48)33-76-59(40-11-9-8-10-12-40,41-17-25-45(74-6)26-18-41)42-19-27-46(75-7)28-20-42/h8-28,31-32,47-52H,29-30,33-34H2,1-7H3/q+1/t47-,48-,49+,50+,51+,52+/m0/s1. The highest BCUT2D eigenvalue weighted by molar-refractivity contribution is 7.33. The van der Waals surface area contributed by atoms with Crippen LogP contribution in [0.3, 0.4) is 0 Å². The fraction of sp³-hybridized carbons (Fsp3) is 0.305. The van der Waals surface area contributed by atoms with Crippen LogP contribution in [0.4, 0.5) is 0 Å². The molecule has 2 fully saturated rings. The molecule has 0 amide bonds. The summed E-state index contributed by atoms with van der Waals surface area (Å²) < 4.78 is 76.5. The Kier molecular flexibility index (Phi) is 17.7. The monoisotopic (exact) mass is 1140 g/mol. The van der Waals surface area contributed by atoms with Gasteiger partial charge in [-0.2, -0.15) is 9.13 Å². The largest absolute Gasteiger partial charge is 0.697 e. The van der Waals surface area contributed by atoms with Crippen LogP contribution in [0, 0.1) is 13.8 Å². The number of rotatable bonds is 20. The highest BCUT2D eigenvalue weighted by atomic mass is 31.1. The fourth-order valence-corrected chi connectivity index (χ4v) is 10.7. The van der Waals surface area contributed by atoms with E-state index in [1.807, 2.05) is 54.6 Å². The van der Waals surface area contributed by atoms with Crippen molar-refractivity contribution in [1.82, 2.24) is 18.3 Å². The maximum Gasteiger partial charge on any atom is 0.697 e. The molecule has 4 heterocycles. The molecule has 0 radical (unpaired) electrons. The van der Waals surface area contributed by atoms with Crippen LogP contribution < -0.4 is 41.4 Å². The number of methoxy groups -OCH3 is 4. The number of esters is 1. The van der Waals surface area contributed by atoms with Crippen LogP contribution in [-0.4, -0.2) is 102 Å². The molecule has 7 aromatic rings. The Labute approximate surface area is 469 Å². The first-order valence-electron chi connectivity index (χ1n) is 25.8. The van der Waals surface area contributed by atoms with Gasteiger partial charge in [0.15, 0.2) is 0 Å². The number of aromatic nitrogens is 4. The van der Waals surface area contributed by atoms with Gasteiger partial charge in [0.25, 0.3) is 22.9 Å². The molecule has 2 aliphatic rings. The van der Waals surface area contributed by atoms with Gasteiger partial charge >= 0.3 is 25.6 Å². The number of benzene rings is 5. The van der Waals surface area contributed by atoms with Crippen molar-refractivity contribution in [2.75, 3.05) is 41.7 Å². The number of aryl methyl sites for hydroxylation is 2. The number of ether oxygens (including phenoxy) is 8. The van der Waals surface area contributed by atoms with Gasteiger partial charge in [0, 0.05) is 59.0 Å². The zero-order valence-corrected chi connectivity index (χ0v) is 46.6. The van der Waals surface area contributed by atoms with Crippen LogP contribution in [0.25, 0.3) is 0 Å². The van der Waals surface area contributed by atoms with Gasteiger partial charge in [0.2, 0.25) is 0 Å². The zero-order valence-electron chi connectivity index (χ0n) is 45.7. The molecule has 426 valence electrons. The van der Waals surface area contributed by atoms with Gasteiger partial charge in [-0.25, -0.2) is 9.59 Å². The van der Waals surface area contributed by atoms with Crippen LogP contribution in [0.2, 0.25) is 0 Å². The molecule has 82 heavy (non-hydrogen) atoms. The van der Waals surface area contributed by atoms with Crippen LogP contribution in [0.15, 0.2) is 159 Å². The topological polar surface area (TPSA) is 249 Å². The van der Waals surface area contributed by atoms with Gasteiger partial charge in [-0.1, -0.05) is 54.6 Å². The van der Waals surface area contributed by atoms with Gasteiger partial charge in [-0.3, -0.25) is 33.1 Å². The van der Waals surface area contributed by atoms with E-state index in [0.717, 1.165) is 9.13 Å². The molecular weight excluding hydrogens is 1080 g/mol. The molecule has 2 saturated heterocycles. The Bertz CT molecular complexity index is 3680. The molecule has 22 nitrogen and oxygen atoms in total. The predicted molar refractivity (Wildman–Crippen MR) is 294 cm³/mol. The van der Waals surface area contributed by atoms with E-state index in [0.29, 0.717) is 48.8 Å². The van der Waals surface area contributed by atoms with E-state index in [4.69, 9.17) is 46.9 Å². The summed E-state index contributed by atoms with van der Waals surface area (Å²) in [5.41, 5.74) is -3.05. The average molecular weight is 1140 g/mol. The quantitative estimate of drug-likeness (QED) is 0.0441. The molecule has 1 unspecified atom stereocenters. The fourth-order valence-electron chi connectivity index (χ4n) is 9.94. The lowest BCUT2D eigenvalue weighted by atomic mass is 9.80. The maximum atomic E-state index is 14.5. The Balaban J connectivity index is 1.03. The summed E-state index contributed by atoms with van der Waals surface area (Å²) in [7, 11) is 2.85. The van der Waals surface area contributed by atoms with E-state index < -0.39 is 97.6 Å². The van der Waals surface area contributed by atoms with Crippen molar-refractivity contribution in [2.45, 2.75) is 76.1 Å². The third kappa shape index (κ3) is 11.9. The highest BCUT2D eigenvalue weighted by Crippen LogP contribution is 2.44. The minimum Gasteiger partial charge on any atom is -0.497 e. The molecule has 23 heteroatoms. The number of hydrogen-bond acceptors (Lipinski definition) is 18. The van der Waals surface area contributed by atoms with Gasteiger partial charge < -0.3 is 37.9 Å². The van der Waals surface area contributed by atoms with Crippen LogP contribution in [-0.2, 0) is 43.0 Å². The summed E-state index contributed by atoms with van der Waals surface area (Å²) >= 11 is 0. The van der Waals surface area contributed by atoms with Crippen molar-refractivity contribution in [1.29, 1.82) is 0 Å². The molecule has 0 aliphatic carbocycles. The average Bonchev–Trinajstić information content (AvgIpc) is 3.11. The smallest absolute Gasteiger partial charge is 0.497 e. The molecule has 9 rings (SSSR count). The maximum absolute atomic E-state index is 14.5. The van der Waals surface area contributed by atoms with Crippen molar-refractivity contribution >= 4 is 26.0 Å². The summed E-state index contributed by atoms with van der Waals surface area (Å²) in [4.78, 5) is 95.6. The van der Waals surface area contributed by atoms with Crippen LogP contribution in [0.5, 0.6) is 23.0 Å². The molecule has 5 aromatic carbocycles. The number of hydrogen-bond donors (Lipinski definition) is 0. The van der Waals surface area contributed by atoms with Gasteiger partial charge in [0.1, 0.15) is 72.1 Å². The van der Waals surface area contributed by atoms with Crippen LogP contribution >= 0.6 is 8.25 Å². The molecule has 0 bridgehead atoms. The third-order valence-electron chi connectivity index (χ3n) is 14.2. The highest BCUT2D eigenvalue weighted by Gasteiger charge is 2.48. The van der Waals surface area contributed by atoms with Gasteiger partial charge in [-0.05, 0) is 103 Å². The molecular formula is C59H58N4O18P+. The van der Waals surface area contributed by atoms with Gasteiger partial charge in [0.05, 0.1) is 35.0 Å². The molecule has 2 aliphatic heterocycles. The Morgan fingerprint density at radius 1 is 0.549 bits per heavy atom. The van der Waals surface area contributed by atoms with Crippen molar-refractivity contribution in [3.63, 3.8) is 0 Å².